The lowest BCUT2D eigenvalue weighted by atomic mass is 9.65. The van der Waals surface area contributed by atoms with Crippen LogP contribution in [0.4, 0.5) is 0 Å². The van der Waals surface area contributed by atoms with Crippen LogP contribution < -0.4 is 18.9 Å². The molecule has 7 heterocycles. The fraction of sp³-hybridized carbons (Fsp3) is 0.226. The Hall–Kier alpha value is -7.20. The smallest absolute Gasteiger partial charge is 0.119 e. The average Bonchev–Trinajstić information content (AvgIpc) is 3.42. The summed E-state index contributed by atoms with van der Waals surface area (Å²) >= 11 is 0. The molecule has 0 fully saturated rings. The standard InChI is InChI=1S/C62H60O8/c1-5-13-49(14-6-1)61(50-15-7-2-8-16-50)53-21-29-57(30-22-53)67-45-41-63-37-39-65-43-47-69-59-33-25-55(26-34-59)62(51-17-9-3-10-18-51,52-19-11-4-12-20-52)56-27-35-60(36-28-56)70-48-44-66-40-38-64-42-46-68-58-31-23-54(61)24-32-58/h1-36H,37-48H2. The number of rotatable bonds is 4. The molecule has 0 aromatic heterocycles. The Kier molecular flexibility index (Phi) is 16.7. The minimum absolute atomic E-state index is 0.413. The first-order valence-electron chi connectivity index (χ1n) is 24.2. The highest BCUT2D eigenvalue weighted by molar-refractivity contribution is 5.62. The van der Waals surface area contributed by atoms with Crippen LogP contribution in [-0.2, 0) is 29.8 Å². The van der Waals surface area contributed by atoms with Crippen LogP contribution in [0.3, 0.4) is 0 Å². The molecule has 8 aromatic carbocycles. The Labute approximate surface area is 412 Å². The van der Waals surface area contributed by atoms with Crippen LogP contribution in [-0.4, -0.2) is 79.3 Å². The highest BCUT2D eigenvalue weighted by Gasteiger charge is 2.39. The van der Waals surface area contributed by atoms with Gasteiger partial charge in [-0.25, -0.2) is 0 Å². The van der Waals surface area contributed by atoms with Crippen LogP contribution >= 0.6 is 0 Å². The summed E-state index contributed by atoms with van der Waals surface area (Å²) in [5, 5.41) is 0. The first-order chi connectivity index (χ1) is 34.7. The third kappa shape index (κ3) is 11.3. The van der Waals surface area contributed by atoms with E-state index in [-0.39, 0.29) is 0 Å². The molecule has 8 aromatic rings. The van der Waals surface area contributed by atoms with Gasteiger partial charge in [-0.05, 0) is 93.0 Å². The maximum Gasteiger partial charge on any atom is 0.119 e. The third-order valence-corrected chi connectivity index (χ3v) is 12.7. The Morgan fingerprint density at radius 3 is 0.557 bits per heavy atom. The molecular formula is C62H60O8. The quantitative estimate of drug-likeness (QED) is 0.173. The normalized spacial score (nSPS) is 16.3. The Bertz CT molecular complexity index is 2340. The molecule has 8 nitrogen and oxygen atoms in total. The second kappa shape index (κ2) is 24.4. The lowest BCUT2D eigenvalue weighted by molar-refractivity contribution is 0.0273. The zero-order chi connectivity index (χ0) is 47.5. The zero-order valence-electron chi connectivity index (χ0n) is 39.5. The summed E-state index contributed by atoms with van der Waals surface area (Å²) in [6.45, 7) is 5.21. The van der Waals surface area contributed by atoms with E-state index >= 15 is 0 Å². The molecule has 0 saturated carbocycles. The molecule has 0 aliphatic carbocycles. The van der Waals surface area contributed by atoms with E-state index in [2.05, 4.69) is 170 Å². The van der Waals surface area contributed by atoms with Gasteiger partial charge in [0.25, 0.3) is 0 Å². The van der Waals surface area contributed by atoms with Crippen molar-refractivity contribution in [1.29, 1.82) is 0 Å². The Balaban J connectivity index is 0.898. The average molecular weight is 933 g/mol. The van der Waals surface area contributed by atoms with Crippen LogP contribution in [0.15, 0.2) is 218 Å². The fourth-order valence-corrected chi connectivity index (χ4v) is 9.47. The lowest BCUT2D eigenvalue weighted by Crippen LogP contribution is -2.31. The van der Waals surface area contributed by atoms with Crippen LogP contribution in [0.5, 0.6) is 23.0 Å². The first kappa shape index (κ1) is 47.8. The molecule has 7 aliphatic heterocycles. The summed E-state index contributed by atoms with van der Waals surface area (Å²) in [5.41, 5.74) is 7.85. The topological polar surface area (TPSA) is 73.8 Å². The van der Waals surface area contributed by atoms with Gasteiger partial charge in [-0.2, -0.15) is 0 Å². The van der Waals surface area contributed by atoms with Crippen molar-refractivity contribution in [2.24, 2.45) is 0 Å². The molecule has 0 N–H and O–H groups in total. The third-order valence-electron chi connectivity index (χ3n) is 12.7. The van der Waals surface area contributed by atoms with Crippen LogP contribution in [0.1, 0.15) is 44.5 Å². The van der Waals surface area contributed by atoms with Crippen molar-refractivity contribution in [3.05, 3.63) is 263 Å². The summed E-state index contributed by atoms with van der Waals surface area (Å²) in [7, 11) is 0. The van der Waals surface area contributed by atoms with Crippen molar-refractivity contribution in [2.75, 3.05) is 79.3 Å². The fourth-order valence-electron chi connectivity index (χ4n) is 9.47. The predicted octanol–water partition coefficient (Wildman–Crippen LogP) is 11.7. The molecule has 356 valence electrons. The molecule has 70 heavy (non-hydrogen) atoms. The van der Waals surface area contributed by atoms with Crippen molar-refractivity contribution >= 4 is 0 Å². The van der Waals surface area contributed by atoms with Crippen LogP contribution in [0, 0.1) is 0 Å². The number of ether oxygens (including phenoxy) is 8. The van der Waals surface area contributed by atoms with Gasteiger partial charge >= 0.3 is 0 Å². The molecule has 0 unspecified atom stereocenters. The van der Waals surface area contributed by atoms with Gasteiger partial charge in [-0.1, -0.05) is 170 Å². The maximum absolute atomic E-state index is 6.16. The monoisotopic (exact) mass is 932 g/mol. The summed E-state index contributed by atoms with van der Waals surface area (Å²) in [6, 6.07) is 76.2. The molecular weight excluding hydrogens is 873 g/mol. The second-order valence-corrected chi connectivity index (χ2v) is 16.9. The second-order valence-electron chi connectivity index (χ2n) is 16.9. The van der Waals surface area contributed by atoms with Crippen molar-refractivity contribution in [3.63, 3.8) is 0 Å². The van der Waals surface area contributed by atoms with Gasteiger partial charge in [0.2, 0.25) is 0 Å². The van der Waals surface area contributed by atoms with Gasteiger partial charge in [0.1, 0.15) is 49.4 Å². The van der Waals surface area contributed by atoms with E-state index < -0.39 is 10.8 Å². The van der Waals surface area contributed by atoms with Crippen molar-refractivity contribution < 1.29 is 37.9 Å². The van der Waals surface area contributed by atoms with E-state index in [0.717, 1.165) is 67.5 Å². The SMILES string of the molecule is c1ccc(C2(c3ccccc3)c3ccc(cc3)OCCOCCOCCOc3ccc(cc3)C(c3ccccc3)(c3ccccc3)c3ccc(cc3)OCCOCCOCCOc3ccc2cc3)cc1. The maximum atomic E-state index is 6.16. The number of hydrogen-bond donors (Lipinski definition) is 0. The minimum Gasteiger partial charge on any atom is -0.491 e. The molecule has 0 atom stereocenters. The number of benzene rings is 8. The Morgan fingerprint density at radius 2 is 0.357 bits per heavy atom. The first-order valence-corrected chi connectivity index (χ1v) is 24.2. The van der Waals surface area contributed by atoms with E-state index in [0.29, 0.717) is 79.3 Å². The van der Waals surface area contributed by atoms with Crippen molar-refractivity contribution in [3.8, 4) is 23.0 Å². The van der Waals surface area contributed by atoms with Gasteiger partial charge in [0.05, 0.1) is 63.7 Å². The molecule has 8 heteroatoms. The molecule has 8 bridgehead atoms. The van der Waals surface area contributed by atoms with E-state index in [9.17, 15) is 0 Å². The lowest BCUT2D eigenvalue weighted by Gasteiger charge is -2.37. The van der Waals surface area contributed by atoms with Gasteiger partial charge in [-0.15, -0.1) is 0 Å². The molecule has 7 aliphatic rings. The molecule has 15 rings (SSSR count). The van der Waals surface area contributed by atoms with Crippen LogP contribution in [0.25, 0.3) is 0 Å². The van der Waals surface area contributed by atoms with Gasteiger partial charge in [0, 0.05) is 0 Å². The van der Waals surface area contributed by atoms with Gasteiger partial charge in [0.15, 0.2) is 0 Å². The molecule has 0 radical (unpaired) electrons. The zero-order valence-corrected chi connectivity index (χ0v) is 39.5. The van der Waals surface area contributed by atoms with Gasteiger partial charge < -0.3 is 37.9 Å². The summed E-state index contributed by atoms with van der Waals surface area (Å²) in [5.74, 6) is 3.09. The molecule has 0 amide bonds. The highest BCUT2D eigenvalue weighted by atomic mass is 16.6. The molecule has 0 saturated heterocycles. The van der Waals surface area contributed by atoms with Crippen molar-refractivity contribution in [1.82, 2.24) is 0 Å². The Morgan fingerprint density at radius 1 is 0.186 bits per heavy atom. The molecule has 0 spiro atoms. The predicted molar refractivity (Wildman–Crippen MR) is 275 cm³/mol. The van der Waals surface area contributed by atoms with E-state index in [4.69, 9.17) is 37.9 Å². The highest BCUT2D eigenvalue weighted by Crippen LogP contribution is 2.47. The summed E-state index contributed by atoms with van der Waals surface area (Å²) in [6.07, 6.45) is 0. The number of hydrogen-bond acceptors (Lipinski definition) is 8. The van der Waals surface area contributed by atoms with E-state index in [1.165, 1.54) is 0 Å². The summed E-state index contributed by atoms with van der Waals surface area (Å²) in [4.78, 5) is 0. The van der Waals surface area contributed by atoms with Crippen molar-refractivity contribution in [2.45, 2.75) is 10.8 Å². The van der Waals surface area contributed by atoms with Crippen LogP contribution in [0.2, 0.25) is 0 Å². The minimum atomic E-state index is -0.608. The van der Waals surface area contributed by atoms with Gasteiger partial charge in [-0.3, -0.25) is 0 Å². The largest absolute Gasteiger partial charge is 0.491 e. The van der Waals surface area contributed by atoms with E-state index in [1.807, 2.05) is 48.5 Å². The summed E-state index contributed by atoms with van der Waals surface area (Å²) < 4.78 is 48.2. The van der Waals surface area contributed by atoms with E-state index in [1.54, 1.807) is 0 Å².